The van der Waals surface area contributed by atoms with Gasteiger partial charge in [-0.3, -0.25) is 0 Å². The van der Waals surface area contributed by atoms with Crippen LogP contribution in [0.2, 0.25) is 5.02 Å². The number of thiocarbonyl (C=S) groups is 1. The zero-order valence-corrected chi connectivity index (χ0v) is 11.6. The summed E-state index contributed by atoms with van der Waals surface area (Å²) in [4.78, 5) is 0.304. The average molecular weight is 282 g/mol. The lowest BCUT2D eigenvalue weighted by Gasteiger charge is -2.24. The second kappa shape index (κ2) is 4.71. The third-order valence-corrected chi connectivity index (χ3v) is 4.69. The first-order valence-corrected chi connectivity index (χ1v) is 7.18. The van der Waals surface area contributed by atoms with E-state index in [1.165, 1.54) is 19.3 Å². The normalized spacial score (nSPS) is 29.5. The van der Waals surface area contributed by atoms with Gasteiger partial charge in [-0.15, -0.1) is 0 Å². The second-order valence-corrected chi connectivity index (χ2v) is 6.16. The van der Waals surface area contributed by atoms with Crippen LogP contribution in [0.15, 0.2) is 18.2 Å². The van der Waals surface area contributed by atoms with Gasteiger partial charge in [-0.05, 0) is 49.7 Å². The molecule has 2 aliphatic rings. The Morgan fingerprint density at radius 2 is 2.17 bits per heavy atom. The van der Waals surface area contributed by atoms with E-state index in [-0.39, 0.29) is 0 Å². The quantitative estimate of drug-likeness (QED) is 0.861. The molecule has 2 saturated carbocycles. The van der Waals surface area contributed by atoms with Gasteiger partial charge in [0.05, 0.1) is 10.6 Å². The zero-order valence-electron chi connectivity index (χ0n) is 10.1. The Morgan fingerprint density at radius 1 is 1.33 bits per heavy atom. The topological polar surface area (TPSA) is 35.2 Å². The van der Waals surface area contributed by atoms with Gasteiger partial charge in [-0.1, -0.05) is 29.9 Å². The number of rotatable bonds is 3. The van der Waals surface area contributed by atoms with Gasteiger partial charge in [0.15, 0.2) is 0 Å². The number of nitrogens with two attached hydrogens (primary N) is 1. The van der Waals surface area contributed by atoms with Crippen molar-refractivity contribution < 1.29 is 4.74 Å². The highest BCUT2D eigenvalue weighted by molar-refractivity contribution is 7.80. The van der Waals surface area contributed by atoms with E-state index in [2.05, 4.69) is 0 Å². The Morgan fingerprint density at radius 3 is 2.78 bits per heavy atom. The van der Waals surface area contributed by atoms with E-state index < -0.39 is 0 Å². The van der Waals surface area contributed by atoms with E-state index in [0.29, 0.717) is 27.6 Å². The molecule has 0 spiro atoms. The lowest BCUT2D eigenvalue weighted by atomic mass is 9.97. The van der Waals surface area contributed by atoms with E-state index in [4.69, 9.17) is 34.3 Å². The molecular weight excluding hydrogens is 266 g/mol. The maximum atomic E-state index is 6.14. The highest BCUT2D eigenvalue weighted by atomic mass is 35.5. The molecule has 4 heteroatoms. The lowest BCUT2D eigenvalue weighted by molar-refractivity contribution is 0.138. The van der Waals surface area contributed by atoms with Crippen LogP contribution in [0, 0.1) is 11.8 Å². The lowest BCUT2D eigenvalue weighted by Crippen LogP contribution is -2.25. The summed E-state index contributed by atoms with van der Waals surface area (Å²) < 4.78 is 6.13. The van der Waals surface area contributed by atoms with Gasteiger partial charge in [0.25, 0.3) is 0 Å². The summed E-state index contributed by atoms with van der Waals surface area (Å²) in [5, 5.41) is 0.572. The molecule has 2 N–H and O–H groups in total. The van der Waals surface area contributed by atoms with Crippen molar-refractivity contribution in [1.82, 2.24) is 0 Å². The molecule has 0 heterocycles. The van der Waals surface area contributed by atoms with Gasteiger partial charge >= 0.3 is 0 Å². The molecule has 0 radical (unpaired) electrons. The standard InChI is InChI=1S/C14H16ClNOS/c15-10-2-1-3-11(13(10)14(16)18)17-12-7-8-4-5-9(12)6-8/h1-3,8-9,12H,4-7H2,(H2,16,18). The largest absolute Gasteiger partial charge is 0.489 e. The molecular formula is C14H16ClNOS. The van der Waals surface area contributed by atoms with Crippen molar-refractivity contribution in [2.24, 2.45) is 17.6 Å². The summed E-state index contributed by atoms with van der Waals surface area (Å²) in [6.07, 6.45) is 5.44. The van der Waals surface area contributed by atoms with Gasteiger partial charge in [0.1, 0.15) is 16.8 Å². The van der Waals surface area contributed by atoms with Gasteiger partial charge in [-0.2, -0.15) is 0 Å². The SMILES string of the molecule is NC(=S)c1c(Cl)cccc1OC1CC2CCC1C2. The molecule has 0 saturated heterocycles. The molecule has 2 bridgehead atoms. The van der Waals surface area contributed by atoms with Crippen molar-refractivity contribution in [3.63, 3.8) is 0 Å². The molecule has 18 heavy (non-hydrogen) atoms. The number of hydrogen-bond acceptors (Lipinski definition) is 2. The number of ether oxygens (including phenoxy) is 1. The van der Waals surface area contributed by atoms with Crippen molar-refractivity contribution in [2.45, 2.75) is 31.8 Å². The first kappa shape index (κ1) is 12.2. The van der Waals surface area contributed by atoms with Crippen LogP contribution in [-0.4, -0.2) is 11.1 Å². The molecule has 1 aromatic carbocycles. The average Bonchev–Trinajstić information content (AvgIpc) is 2.90. The minimum Gasteiger partial charge on any atom is -0.489 e. The third kappa shape index (κ3) is 2.10. The van der Waals surface area contributed by atoms with E-state index in [1.54, 1.807) is 6.07 Å². The molecule has 1 aromatic rings. The van der Waals surface area contributed by atoms with Crippen molar-refractivity contribution >= 4 is 28.8 Å². The Balaban J connectivity index is 1.84. The first-order valence-electron chi connectivity index (χ1n) is 6.40. The zero-order chi connectivity index (χ0) is 12.7. The van der Waals surface area contributed by atoms with Gasteiger partial charge < -0.3 is 10.5 Å². The number of hydrogen-bond donors (Lipinski definition) is 1. The summed E-state index contributed by atoms with van der Waals surface area (Å²) in [7, 11) is 0. The van der Waals surface area contributed by atoms with Crippen LogP contribution in [-0.2, 0) is 0 Å². The van der Waals surface area contributed by atoms with Crippen LogP contribution < -0.4 is 10.5 Å². The minimum absolute atomic E-state index is 0.304. The van der Waals surface area contributed by atoms with Crippen LogP contribution in [0.3, 0.4) is 0 Å². The summed E-state index contributed by atoms with van der Waals surface area (Å²) in [5.74, 6) is 2.30. The first-order chi connectivity index (χ1) is 8.65. The van der Waals surface area contributed by atoms with Crippen molar-refractivity contribution in [1.29, 1.82) is 0 Å². The molecule has 2 nitrogen and oxygen atoms in total. The molecule has 2 aliphatic carbocycles. The molecule has 0 aromatic heterocycles. The summed E-state index contributed by atoms with van der Waals surface area (Å²) in [5.41, 5.74) is 6.41. The predicted molar refractivity (Wildman–Crippen MR) is 77.2 cm³/mol. The Labute approximate surface area is 117 Å². The van der Waals surface area contributed by atoms with E-state index >= 15 is 0 Å². The van der Waals surface area contributed by atoms with Gasteiger partial charge in [0.2, 0.25) is 0 Å². The summed E-state index contributed by atoms with van der Waals surface area (Å²) >= 11 is 11.2. The predicted octanol–water partition coefficient (Wildman–Crippen LogP) is 3.54. The van der Waals surface area contributed by atoms with Crippen LogP contribution in [0.1, 0.15) is 31.2 Å². The number of halogens is 1. The monoisotopic (exact) mass is 281 g/mol. The molecule has 3 atom stereocenters. The smallest absolute Gasteiger partial charge is 0.131 e. The van der Waals surface area contributed by atoms with Gasteiger partial charge in [0, 0.05) is 0 Å². The number of benzene rings is 1. The van der Waals surface area contributed by atoms with Crippen LogP contribution in [0.25, 0.3) is 0 Å². The van der Waals surface area contributed by atoms with Crippen LogP contribution in [0.4, 0.5) is 0 Å². The fraction of sp³-hybridized carbons (Fsp3) is 0.500. The van der Waals surface area contributed by atoms with Crippen molar-refractivity contribution in [2.75, 3.05) is 0 Å². The van der Waals surface area contributed by atoms with E-state index in [9.17, 15) is 0 Å². The fourth-order valence-corrected chi connectivity index (χ4v) is 3.87. The van der Waals surface area contributed by atoms with Gasteiger partial charge in [-0.25, -0.2) is 0 Å². The molecule has 0 aliphatic heterocycles. The summed E-state index contributed by atoms with van der Waals surface area (Å²) in [6.45, 7) is 0. The molecule has 96 valence electrons. The highest BCUT2D eigenvalue weighted by Gasteiger charge is 2.41. The maximum Gasteiger partial charge on any atom is 0.131 e. The van der Waals surface area contributed by atoms with E-state index in [1.807, 2.05) is 12.1 Å². The fourth-order valence-electron chi connectivity index (χ4n) is 3.34. The number of fused-ring (bicyclic) bond motifs is 2. The third-order valence-electron chi connectivity index (χ3n) is 4.17. The molecule has 3 unspecified atom stereocenters. The molecule has 2 fully saturated rings. The highest BCUT2D eigenvalue weighted by Crippen LogP contribution is 2.46. The molecule has 0 amide bonds. The van der Waals surface area contributed by atoms with E-state index in [0.717, 1.165) is 18.1 Å². The molecule has 3 rings (SSSR count). The Bertz CT molecular complexity index is 491. The van der Waals surface area contributed by atoms with Crippen molar-refractivity contribution in [3.8, 4) is 5.75 Å². The van der Waals surface area contributed by atoms with Crippen LogP contribution in [0.5, 0.6) is 5.75 Å². The summed E-state index contributed by atoms with van der Waals surface area (Å²) in [6, 6.07) is 5.59. The van der Waals surface area contributed by atoms with Crippen LogP contribution >= 0.6 is 23.8 Å². The maximum absolute atomic E-state index is 6.14. The second-order valence-electron chi connectivity index (χ2n) is 5.31. The Kier molecular flexibility index (Phi) is 3.20. The van der Waals surface area contributed by atoms with Crippen molar-refractivity contribution in [3.05, 3.63) is 28.8 Å². The Hall–Kier alpha value is -0.800. The minimum atomic E-state index is 0.304.